The van der Waals surface area contributed by atoms with E-state index < -0.39 is 22.7 Å². The van der Waals surface area contributed by atoms with Crippen LogP contribution in [0.15, 0.2) is 36.4 Å². The van der Waals surface area contributed by atoms with Crippen LogP contribution in [0.5, 0.6) is 0 Å². The molecule has 3 N–H and O–H groups in total. The number of carbonyl (C=O) groups is 1. The zero-order chi connectivity index (χ0) is 23.3. The lowest BCUT2D eigenvalue weighted by Gasteiger charge is -2.31. The Morgan fingerprint density at radius 3 is 2.64 bits per heavy atom. The Hall–Kier alpha value is -2.67. The molecule has 2 aliphatic rings. The Morgan fingerprint density at radius 1 is 1.18 bits per heavy atom. The van der Waals surface area contributed by atoms with Crippen molar-refractivity contribution in [2.45, 2.75) is 58.4 Å². The van der Waals surface area contributed by atoms with Crippen LogP contribution in [0.3, 0.4) is 0 Å². The van der Waals surface area contributed by atoms with Gasteiger partial charge in [-0.25, -0.2) is 8.60 Å². The highest BCUT2D eigenvalue weighted by Gasteiger charge is 2.35. The van der Waals surface area contributed by atoms with Crippen molar-refractivity contribution in [2.24, 2.45) is 11.1 Å². The molecule has 1 aliphatic carbocycles. The maximum absolute atomic E-state index is 15.4. The van der Waals surface area contributed by atoms with Gasteiger partial charge in [0.05, 0.1) is 16.8 Å². The van der Waals surface area contributed by atoms with Gasteiger partial charge in [0.1, 0.15) is 16.8 Å². The van der Waals surface area contributed by atoms with Gasteiger partial charge in [-0.3, -0.25) is 8.77 Å². The van der Waals surface area contributed by atoms with Crippen LogP contribution in [0.4, 0.5) is 10.1 Å². The summed E-state index contributed by atoms with van der Waals surface area (Å²) in [6.07, 6.45) is 6.14. The summed E-state index contributed by atoms with van der Waals surface area (Å²) in [6, 6.07) is 11.3. The Kier molecular flexibility index (Phi) is 5.55. The molecule has 1 atom stereocenters. The van der Waals surface area contributed by atoms with Crippen LogP contribution in [0.2, 0.25) is 0 Å². The second-order valence-corrected chi connectivity index (χ2v) is 11.5. The van der Waals surface area contributed by atoms with Crippen LogP contribution < -0.4 is 11.1 Å². The van der Waals surface area contributed by atoms with Crippen molar-refractivity contribution in [3.8, 4) is 11.1 Å². The molecule has 1 fully saturated rings. The van der Waals surface area contributed by atoms with Crippen molar-refractivity contribution < 1.29 is 13.4 Å². The number of primary amides is 1. The van der Waals surface area contributed by atoms with Crippen LogP contribution in [0, 0.1) is 11.2 Å². The van der Waals surface area contributed by atoms with Crippen LogP contribution in [-0.4, -0.2) is 25.9 Å². The summed E-state index contributed by atoms with van der Waals surface area (Å²) in [6.45, 7) is 4.23. The predicted molar refractivity (Wildman–Crippen MR) is 132 cm³/mol. The third kappa shape index (κ3) is 3.97. The summed E-state index contributed by atoms with van der Waals surface area (Å²) < 4.78 is 30.5. The number of nitrogens with zero attached hydrogens (tertiary/aromatic N) is 1. The fraction of sp³-hybridized carbons (Fsp3) is 0.423. The predicted octanol–water partition coefficient (Wildman–Crippen LogP) is 5.39. The Labute approximate surface area is 196 Å². The molecule has 0 spiro atoms. The number of amides is 1. The SMILES string of the molecule is CC1(C)Cc2c(-c3cc(F)c(C(N)=O)c(NC4CCCCC4)c3)c3ccccc3n2S(=O)C1. The molecule has 1 aliphatic heterocycles. The van der Waals surface area contributed by atoms with Crippen LogP contribution in [0.25, 0.3) is 22.0 Å². The van der Waals surface area contributed by atoms with E-state index in [2.05, 4.69) is 19.2 Å². The van der Waals surface area contributed by atoms with Crippen molar-refractivity contribution in [2.75, 3.05) is 11.1 Å². The lowest BCUT2D eigenvalue weighted by molar-refractivity contribution is 0.0997. The number of rotatable bonds is 4. The molecule has 1 amide bonds. The monoisotopic (exact) mass is 467 g/mol. The average Bonchev–Trinajstić information content (AvgIpc) is 3.06. The van der Waals surface area contributed by atoms with Crippen LogP contribution >= 0.6 is 0 Å². The number of carbonyl (C=O) groups excluding carboxylic acids is 1. The minimum absolute atomic E-state index is 0.0920. The Bertz CT molecular complexity index is 1270. The molecule has 0 bridgehead atoms. The maximum atomic E-state index is 15.4. The molecule has 1 saturated carbocycles. The summed E-state index contributed by atoms with van der Waals surface area (Å²) in [5.74, 6) is -0.830. The molecule has 7 heteroatoms. The number of benzene rings is 2. The van der Waals surface area contributed by atoms with Gasteiger partial charge in [0.15, 0.2) is 0 Å². The average molecular weight is 468 g/mol. The Morgan fingerprint density at radius 2 is 1.91 bits per heavy atom. The molecule has 1 unspecified atom stereocenters. The first kappa shape index (κ1) is 22.1. The van der Waals surface area contributed by atoms with Crippen LogP contribution in [0.1, 0.15) is 62.0 Å². The third-order valence-electron chi connectivity index (χ3n) is 6.88. The van der Waals surface area contributed by atoms with Gasteiger partial charge in [0, 0.05) is 28.4 Å². The number of halogens is 1. The molecule has 2 aromatic carbocycles. The van der Waals surface area contributed by atoms with E-state index in [1.165, 1.54) is 12.5 Å². The van der Waals surface area contributed by atoms with Gasteiger partial charge < -0.3 is 11.1 Å². The van der Waals surface area contributed by atoms with E-state index in [1.807, 2.05) is 34.3 Å². The molecule has 1 aromatic heterocycles. The van der Waals surface area contributed by atoms with Crippen molar-refractivity contribution >= 4 is 33.5 Å². The van der Waals surface area contributed by atoms with E-state index in [1.54, 1.807) is 0 Å². The van der Waals surface area contributed by atoms with Crippen molar-refractivity contribution in [1.29, 1.82) is 0 Å². The number of aromatic nitrogens is 1. The zero-order valence-electron chi connectivity index (χ0n) is 19.1. The molecule has 5 rings (SSSR count). The number of para-hydroxylation sites is 1. The highest BCUT2D eigenvalue weighted by Crippen LogP contribution is 2.43. The molecule has 0 saturated heterocycles. The van der Waals surface area contributed by atoms with E-state index >= 15 is 4.39 Å². The minimum atomic E-state index is -1.21. The minimum Gasteiger partial charge on any atom is -0.382 e. The van der Waals surface area contributed by atoms with Gasteiger partial charge in [-0.2, -0.15) is 0 Å². The fourth-order valence-electron chi connectivity index (χ4n) is 5.46. The second-order valence-electron chi connectivity index (χ2n) is 10.2. The van der Waals surface area contributed by atoms with E-state index in [0.717, 1.165) is 54.3 Å². The number of nitrogens with two attached hydrogens (primary N) is 1. The molecular weight excluding hydrogens is 437 g/mol. The highest BCUT2D eigenvalue weighted by molar-refractivity contribution is 7.83. The molecule has 2 heterocycles. The normalized spacial score (nSPS) is 20.5. The fourth-order valence-corrected chi connectivity index (χ4v) is 7.14. The Balaban J connectivity index is 1.72. The zero-order valence-corrected chi connectivity index (χ0v) is 19.9. The van der Waals surface area contributed by atoms with Crippen LogP contribution in [-0.2, 0) is 17.4 Å². The van der Waals surface area contributed by atoms with Gasteiger partial charge in [-0.15, -0.1) is 0 Å². The van der Waals surface area contributed by atoms with Gasteiger partial charge in [-0.05, 0) is 48.4 Å². The molecule has 0 radical (unpaired) electrons. The number of hydrogen-bond acceptors (Lipinski definition) is 3. The largest absolute Gasteiger partial charge is 0.382 e. The summed E-state index contributed by atoms with van der Waals surface area (Å²) in [4.78, 5) is 12.2. The van der Waals surface area contributed by atoms with E-state index in [9.17, 15) is 9.00 Å². The summed E-state index contributed by atoms with van der Waals surface area (Å²) >= 11 is 0. The number of anilines is 1. The topological polar surface area (TPSA) is 77.1 Å². The summed E-state index contributed by atoms with van der Waals surface area (Å²) in [5.41, 5.74) is 9.19. The lowest BCUT2D eigenvalue weighted by atomic mass is 9.87. The molecule has 174 valence electrons. The number of fused-ring (bicyclic) bond motifs is 3. The first-order valence-corrected chi connectivity index (χ1v) is 12.9. The summed E-state index contributed by atoms with van der Waals surface area (Å²) in [7, 11) is -1.21. The molecular formula is C26H30FN3O2S. The van der Waals surface area contributed by atoms with Gasteiger partial charge in [0.25, 0.3) is 5.91 Å². The van der Waals surface area contributed by atoms with Crippen molar-refractivity contribution in [3.63, 3.8) is 0 Å². The quantitative estimate of drug-likeness (QED) is 0.540. The molecule has 5 nitrogen and oxygen atoms in total. The van der Waals surface area contributed by atoms with E-state index in [4.69, 9.17) is 5.73 Å². The van der Waals surface area contributed by atoms with Gasteiger partial charge in [0.2, 0.25) is 0 Å². The van der Waals surface area contributed by atoms with Gasteiger partial charge in [-0.1, -0.05) is 51.3 Å². The molecule has 3 aromatic rings. The first-order valence-electron chi connectivity index (χ1n) is 11.7. The number of hydrogen-bond donors (Lipinski definition) is 2. The standard InChI is InChI=1S/C26H30FN3O2S/c1-26(2)14-22-23(18-10-6-7-11-21(18)30(22)33(32)15-26)16-12-19(27)24(25(28)31)20(13-16)29-17-8-4-3-5-9-17/h6-7,10-13,17,29H,3-5,8-9,14-15H2,1-2H3,(H2,28,31). The maximum Gasteiger partial charge on any atom is 0.253 e. The highest BCUT2D eigenvalue weighted by atomic mass is 32.2. The third-order valence-corrected chi connectivity index (χ3v) is 8.73. The van der Waals surface area contributed by atoms with Crippen molar-refractivity contribution in [3.05, 3.63) is 53.5 Å². The van der Waals surface area contributed by atoms with Gasteiger partial charge >= 0.3 is 0 Å². The first-order chi connectivity index (χ1) is 15.7. The smallest absolute Gasteiger partial charge is 0.253 e. The lowest BCUT2D eigenvalue weighted by Crippen LogP contribution is -2.33. The van der Waals surface area contributed by atoms with Crippen molar-refractivity contribution in [1.82, 2.24) is 3.97 Å². The van der Waals surface area contributed by atoms with E-state index in [-0.39, 0.29) is 17.0 Å². The number of nitrogens with one attached hydrogen (secondary N) is 1. The summed E-state index contributed by atoms with van der Waals surface area (Å²) in [5, 5.41) is 4.36. The second kappa shape index (κ2) is 8.28. The van der Waals surface area contributed by atoms with E-state index in [0.29, 0.717) is 17.0 Å². The molecule has 33 heavy (non-hydrogen) atoms.